The van der Waals surface area contributed by atoms with Gasteiger partial charge in [0.2, 0.25) is 0 Å². The van der Waals surface area contributed by atoms with Crippen LogP contribution in [-0.4, -0.2) is 11.0 Å². The van der Waals surface area contributed by atoms with Gasteiger partial charge in [0, 0.05) is 11.1 Å². The van der Waals surface area contributed by atoms with Crippen molar-refractivity contribution in [2.45, 2.75) is 34.6 Å². The summed E-state index contributed by atoms with van der Waals surface area (Å²) < 4.78 is 0. The standard InChI is InChI=1S/C25H25O2P/c1-16-14-19(4)23(20(5)15-16)25(27)28(21-12-7-6-8-13-21)24(26)22-17(2)10-9-11-18(22)3/h6-15H,1-5H3. The summed E-state index contributed by atoms with van der Waals surface area (Å²) in [5.41, 5.74) is 6.03. The molecule has 0 saturated carbocycles. The van der Waals surface area contributed by atoms with Gasteiger partial charge in [0.25, 0.3) is 0 Å². The molecule has 0 N–H and O–H groups in total. The number of aryl methyl sites for hydroxylation is 5. The van der Waals surface area contributed by atoms with Gasteiger partial charge in [0.1, 0.15) is 0 Å². The summed E-state index contributed by atoms with van der Waals surface area (Å²) in [6.45, 7) is 9.80. The van der Waals surface area contributed by atoms with Crippen molar-refractivity contribution < 1.29 is 9.59 Å². The molecular weight excluding hydrogens is 363 g/mol. The van der Waals surface area contributed by atoms with Crippen LogP contribution in [0.15, 0.2) is 60.7 Å². The summed E-state index contributed by atoms with van der Waals surface area (Å²) in [4.78, 5) is 27.4. The van der Waals surface area contributed by atoms with Gasteiger partial charge in [0.05, 0.1) is 7.92 Å². The summed E-state index contributed by atoms with van der Waals surface area (Å²) in [5.74, 6) is 0. The topological polar surface area (TPSA) is 34.1 Å². The van der Waals surface area contributed by atoms with E-state index in [0.717, 1.165) is 33.1 Å². The molecule has 0 aromatic heterocycles. The van der Waals surface area contributed by atoms with Crippen LogP contribution >= 0.6 is 7.92 Å². The van der Waals surface area contributed by atoms with Crippen LogP contribution in [0.2, 0.25) is 0 Å². The minimum atomic E-state index is -1.68. The number of hydrogen-bond acceptors (Lipinski definition) is 2. The Bertz CT molecular complexity index is 1010. The second-order valence-corrected chi connectivity index (χ2v) is 9.32. The zero-order valence-corrected chi connectivity index (χ0v) is 17.9. The first kappa shape index (κ1) is 20.2. The molecule has 0 aliphatic rings. The normalized spacial score (nSPS) is 11.9. The molecule has 0 aliphatic carbocycles. The first-order chi connectivity index (χ1) is 13.3. The Morgan fingerprint density at radius 1 is 0.607 bits per heavy atom. The predicted octanol–water partition coefficient (Wildman–Crippen LogP) is 6.02. The third-order valence-electron chi connectivity index (χ3n) is 5.01. The van der Waals surface area contributed by atoms with E-state index in [2.05, 4.69) is 0 Å². The molecule has 0 spiro atoms. The summed E-state index contributed by atoms with van der Waals surface area (Å²) in [6.07, 6.45) is 0. The highest BCUT2D eigenvalue weighted by molar-refractivity contribution is 7.96. The van der Waals surface area contributed by atoms with E-state index in [0.29, 0.717) is 11.1 Å². The molecule has 0 saturated heterocycles. The molecule has 0 amide bonds. The van der Waals surface area contributed by atoms with E-state index in [1.54, 1.807) is 0 Å². The van der Waals surface area contributed by atoms with Gasteiger partial charge in [0.15, 0.2) is 11.0 Å². The summed E-state index contributed by atoms with van der Waals surface area (Å²) >= 11 is 0. The molecule has 3 aromatic carbocycles. The van der Waals surface area contributed by atoms with Crippen molar-refractivity contribution in [3.63, 3.8) is 0 Å². The number of hydrogen-bond donors (Lipinski definition) is 0. The van der Waals surface area contributed by atoms with Gasteiger partial charge in [-0.15, -0.1) is 0 Å². The fraction of sp³-hybridized carbons (Fsp3) is 0.200. The molecule has 0 bridgehead atoms. The van der Waals surface area contributed by atoms with Gasteiger partial charge in [-0.1, -0.05) is 66.2 Å². The first-order valence-corrected chi connectivity index (χ1v) is 10.7. The van der Waals surface area contributed by atoms with Crippen LogP contribution in [0.5, 0.6) is 0 Å². The van der Waals surface area contributed by atoms with Crippen molar-refractivity contribution in [1.82, 2.24) is 0 Å². The summed E-state index contributed by atoms with van der Waals surface area (Å²) in [5, 5.41) is 0.800. The molecule has 3 aromatic rings. The van der Waals surface area contributed by atoms with E-state index in [1.165, 1.54) is 0 Å². The maximum Gasteiger partial charge on any atom is 0.197 e. The summed E-state index contributed by atoms with van der Waals surface area (Å²) in [6, 6.07) is 19.3. The Balaban J connectivity index is 2.19. The minimum absolute atomic E-state index is 0.0659. The average molecular weight is 388 g/mol. The second kappa shape index (κ2) is 8.20. The second-order valence-electron chi connectivity index (χ2n) is 7.32. The van der Waals surface area contributed by atoms with Gasteiger partial charge in [-0.2, -0.15) is 0 Å². The molecule has 1 unspecified atom stereocenters. The van der Waals surface area contributed by atoms with Crippen molar-refractivity contribution in [2.24, 2.45) is 0 Å². The Morgan fingerprint density at radius 2 is 1.07 bits per heavy atom. The van der Waals surface area contributed by atoms with E-state index in [9.17, 15) is 9.59 Å². The van der Waals surface area contributed by atoms with E-state index in [4.69, 9.17) is 0 Å². The molecule has 2 nitrogen and oxygen atoms in total. The Kier molecular flexibility index (Phi) is 5.91. The third-order valence-corrected chi connectivity index (χ3v) is 7.08. The van der Waals surface area contributed by atoms with Crippen molar-refractivity contribution in [2.75, 3.05) is 0 Å². The third kappa shape index (κ3) is 3.84. The van der Waals surface area contributed by atoms with E-state index < -0.39 is 7.92 Å². The van der Waals surface area contributed by atoms with Crippen LogP contribution in [0.25, 0.3) is 0 Å². The molecule has 0 fully saturated rings. The number of carbonyl (C=O) groups is 2. The average Bonchev–Trinajstić information content (AvgIpc) is 2.62. The van der Waals surface area contributed by atoms with Crippen molar-refractivity contribution in [3.8, 4) is 0 Å². The first-order valence-electron chi connectivity index (χ1n) is 9.39. The monoisotopic (exact) mass is 388 g/mol. The largest absolute Gasteiger partial charge is 0.288 e. The van der Waals surface area contributed by atoms with Gasteiger partial charge in [-0.25, -0.2) is 0 Å². The van der Waals surface area contributed by atoms with Crippen molar-refractivity contribution in [3.05, 3.63) is 99.6 Å². The Labute approximate surface area is 168 Å². The Hall–Kier alpha value is -2.57. The predicted molar refractivity (Wildman–Crippen MR) is 118 cm³/mol. The van der Waals surface area contributed by atoms with Crippen LogP contribution < -0.4 is 5.30 Å². The minimum Gasteiger partial charge on any atom is -0.288 e. The lowest BCUT2D eigenvalue weighted by Gasteiger charge is -2.20. The zero-order chi connectivity index (χ0) is 20.4. The van der Waals surface area contributed by atoms with Gasteiger partial charge >= 0.3 is 0 Å². The highest BCUT2D eigenvalue weighted by Crippen LogP contribution is 2.44. The van der Waals surface area contributed by atoms with Crippen LogP contribution in [0.3, 0.4) is 0 Å². The van der Waals surface area contributed by atoms with Gasteiger partial charge in [-0.05, 0) is 62.2 Å². The summed E-state index contributed by atoms with van der Waals surface area (Å²) in [7, 11) is -1.68. The fourth-order valence-electron chi connectivity index (χ4n) is 3.80. The van der Waals surface area contributed by atoms with E-state index in [1.807, 2.05) is 95.3 Å². The van der Waals surface area contributed by atoms with Gasteiger partial charge < -0.3 is 0 Å². The quantitative estimate of drug-likeness (QED) is 0.501. The zero-order valence-electron chi connectivity index (χ0n) is 17.0. The lowest BCUT2D eigenvalue weighted by Crippen LogP contribution is -2.19. The van der Waals surface area contributed by atoms with Crippen molar-refractivity contribution in [1.29, 1.82) is 0 Å². The van der Waals surface area contributed by atoms with Crippen LogP contribution in [-0.2, 0) is 0 Å². The van der Waals surface area contributed by atoms with Crippen molar-refractivity contribution >= 4 is 24.3 Å². The molecule has 3 rings (SSSR count). The number of rotatable bonds is 5. The maximum absolute atomic E-state index is 13.7. The van der Waals surface area contributed by atoms with Crippen LogP contribution in [0, 0.1) is 34.6 Å². The van der Waals surface area contributed by atoms with E-state index in [-0.39, 0.29) is 11.0 Å². The highest BCUT2D eigenvalue weighted by atomic mass is 31.1. The van der Waals surface area contributed by atoms with Gasteiger partial charge in [-0.3, -0.25) is 9.59 Å². The molecule has 1 atom stereocenters. The maximum atomic E-state index is 13.7. The smallest absolute Gasteiger partial charge is 0.197 e. The molecular formula is C25H25O2P. The van der Waals surface area contributed by atoms with Crippen LogP contribution in [0.1, 0.15) is 48.5 Å². The lowest BCUT2D eigenvalue weighted by molar-refractivity contribution is 0.105. The number of benzene rings is 3. The SMILES string of the molecule is Cc1cc(C)c(C(=O)P(C(=O)c2c(C)cccc2C)c2ccccc2)c(C)c1. The fourth-order valence-corrected chi connectivity index (χ4v) is 6.07. The molecule has 0 heterocycles. The lowest BCUT2D eigenvalue weighted by atomic mass is 10.0. The molecule has 3 heteroatoms. The molecule has 142 valence electrons. The molecule has 28 heavy (non-hydrogen) atoms. The molecule has 0 aliphatic heterocycles. The van der Waals surface area contributed by atoms with Crippen LogP contribution in [0.4, 0.5) is 0 Å². The highest BCUT2D eigenvalue weighted by Gasteiger charge is 2.33. The Morgan fingerprint density at radius 3 is 1.57 bits per heavy atom. The number of carbonyl (C=O) groups excluding carboxylic acids is 2. The van der Waals surface area contributed by atoms with E-state index >= 15 is 0 Å². The molecule has 0 radical (unpaired) electrons.